The predicted molar refractivity (Wildman–Crippen MR) is 85.2 cm³/mol. The number of nitrogens with one attached hydrogen (secondary N) is 1. The highest BCUT2D eigenvalue weighted by atomic mass is 32.2. The molecule has 1 aliphatic carbocycles. The molecule has 0 atom stereocenters. The van der Waals surface area contributed by atoms with Crippen LogP contribution in [0.25, 0.3) is 10.2 Å². The van der Waals surface area contributed by atoms with E-state index in [0.717, 1.165) is 29.0 Å². The lowest BCUT2D eigenvalue weighted by molar-refractivity contribution is 0.942. The highest BCUT2D eigenvalue weighted by Gasteiger charge is 2.41. The number of thiophene rings is 1. The maximum atomic E-state index is 5.80. The Balaban J connectivity index is 1.90. The standard InChI is InChI=1S/C13H18N4S2/c1-3-8-6-9-10(15-7-13(18-2)4-5-13)16-12(14)17-11(9)19-8/h6H,3-5,7H2,1-2H3,(H3,14,15,16,17). The van der Waals surface area contributed by atoms with E-state index in [1.54, 1.807) is 11.3 Å². The first-order valence-corrected chi connectivity index (χ1v) is 8.55. The van der Waals surface area contributed by atoms with Crippen LogP contribution in [0, 0.1) is 0 Å². The molecule has 0 unspecified atom stereocenters. The third-order valence-corrected chi connectivity index (χ3v) is 6.22. The number of hydrogen-bond donors (Lipinski definition) is 2. The van der Waals surface area contributed by atoms with Crippen LogP contribution in [0.5, 0.6) is 0 Å². The average Bonchev–Trinajstić information content (AvgIpc) is 3.08. The van der Waals surface area contributed by atoms with Gasteiger partial charge in [-0.1, -0.05) is 6.92 Å². The Morgan fingerprint density at radius 1 is 1.47 bits per heavy atom. The molecule has 2 aromatic rings. The smallest absolute Gasteiger partial charge is 0.223 e. The van der Waals surface area contributed by atoms with Crippen LogP contribution in [0.15, 0.2) is 6.07 Å². The lowest BCUT2D eigenvalue weighted by Crippen LogP contribution is -2.18. The molecule has 2 aromatic heterocycles. The first kappa shape index (κ1) is 13.0. The fraction of sp³-hybridized carbons (Fsp3) is 0.538. The normalized spacial score (nSPS) is 16.7. The van der Waals surface area contributed by atoms with Gasteiger partial charge in [0.05, 0.1) is 5.39 Å². The minimum Gasteiger partial charge on any atom is -0.368 e. The van der Waals surface area contributed by atoms with Crippen LogP contribution in [0.3, 0.4) is 0 Å². The zero-order valence-corrected chi connectivity index (χ0v) is 12.8. The number of hydrogen-bond acceptors (Lipinski definition) is 6. The highest BCUT2D eigenvalue weighted by molar-refractivity contribution is 8.00. The molecule has 0 radical (unpaired) electrons. The largest absolute Gasteiger partial charge is 0.368 e. The molecular formula is C13H18N4S2. The van der Waals surface area contributed by atoms with E-state index >= 15 is 0 Å². The quantitative estimate of drug-likeness (QED) is 0.887. The average molecular weight is 294 g/mol. The summed E-state index contributed by atoms with van der Waals surface area (Å²) in [6.07, 6.45) is 5.77. The van der Waals surface area contributed by atoms with Crippen molar-refractivity contribution in [1.82, 2.24) is 9.97 Å². The minimum absolute atomic E-state index is 0.355. The van der Waals surface area contributed by atoms with Crippen LogP contribution in [0.2, 0.25) is 0 Å². The van der Waals surface area contributed by atoms with E-state index in [-0.39, 0.29) is 0 Å². The first-order chi connectivity index (χ1) is 9.15. The van der Waals surface area contributed by atoms with Gasteiger partial charge >= 0.3 is 0 Å². The van der Waals surface area contributed by atoms with E-state index in [1.165, 1.54) is 17.7 Å². The molecule has 1 saturated carbocycles. The Morgan fingerprint density at radius 3 is 2.89 bits per heavy atom. The van der Waals surface area contributed by atoms with Crippen molar-refractivity contribution in [3.8, 4) is 0 Å². The van der Waals surface area contributed by atoms with Gasteiger partial charge in [0.2, 0.25) is 5.95 Å². The summed E-state index contributed by atoms with van der Waals surface area (Å²) in [5.41, 5.74) is 5.80. The van der Waals surface area contributed by atoms with Crippen molar-refractivity contribution >= 4 is 45.1 Å². The van der Waals surface area contributed by atoms with Gasteiger partial charge in [-0.15, -0.1) is 11.3 Å². The second-order valence-corrected chi connectivity index (χ2v) is 7.35. The van der Waals surface area contributed by atoms with Gasteiger partial charge in [-0.3, -0.25) is 0 Å². The third kappa shape index (κ3) is 2.51. The Morgan fingerprint density at radius 2 is 2.26 bits per heavy atom. The summed E-state index contributed by atoms with van der Waals surface area (Å²) in [7, 11) is 0. The molecule has 0 aliphatic heterocycles. The van der Waals surface area contributed by atoms with Gasteiger partial charge in [0, 0.05) is 16.2 Å². The lowest BCUT2D eigenvalue weighted by atomic mass is 10.3. The maximum absolute atomic E-state index is 5.80. The van der Waals surface area contributed by atoms with Gasteiger partial charge in [0.1, 0.15) is 10.6 Å². The summed E-state index contributed by atoms with van der Waals surface area (Å²) in [4.78, 5) is 11.0. The minimum atomic E-state index is 0.355. The fourth-order valence-electron chi connectivity index (χ4n) is 2.13. The second kappa shape index (κ2) is 4.83. The van der Waals surface area contributed by atoms with Crippen LogP contribution in [0.1, 0.15) is 24.6 Å². The Labute approximate surface area is 121 Å². The van der Waals surface area contributed by atoms with Gasteiger partial charge < -0.3 is 11.1 Å². The van der Waals surface area contributed by atoms with Crippen LogP contribution in [-0.2, 0) is 6.42 Å². The number of rotatable bonds is 5. The van der Waals surface area contributed by atoms with Crippen molar-refractivity contribution in [3.63, 3.8) is 0 Å². The highest BCUT2D eigenvalue weighted by Crippen LogP contribution is 2.47. The van der Waals surface area contributed by atoms with Crippen LogP contribution in [-0.4, -0.2) is 27.5 Å². The SMILES string of the molecule is CCc1cc2c(NCC3(SC)CC3)nc(N)nc2s1. The fourth-order valence-corrected chi connectivity index (χ4v) is 3.84. The maximum Gasteiger partial charge on any atom is 0.223 e. The van der Waals surface area contributed by atoms with Crippen molar-refractivity contribution in [2.75, 3.05) is 23.9 Å². The molecule has 0 spiro atoms. The van der Waals surface area contributed by atoms with Crippen molar-refractivity contribution in [1.29, 1.82) is 0 Å². The van der Waals surface area contributed by atoms with E-state index in [2.05, 4.69) is 34.5 Å². The third-order valence-electron chi connectivity index (χ3n) is 3.63. The number of fused-ring (bicyclic) bond motifs is 1. The van der Waals surface area contributed by atoms with Crippen molar-refractivity contribution < 1.29 is 0 Å². The number of aromatic nitrogens is 2. The van der Waals surface area contributed by atoms with Crippen LogP contribution in [0.4, 0.5) is 11.8 Å². The Kier molecular flexibility index (Phi) is 3.30. The van der Waals surface area contributed by atoms with Gasteiger partial charge in [0.25, 0.3) is 0 Å². The molecule has 3 N–H and O–H groups in total. The summed E-state index contributed by atoms with van der Waals surface area (Å²) in [6, 6.07) is 2.18. The summed E-state index contributed by atoms with van der Waals surface area (Å²) >= 11 is 3.65. The zero-order chi connectivity index (χ0) is 13.5. The van der Waals surface area contributed by atoms with Crippen molar-refractivity contribution in [2.45, 2.75) is 30.9 Å². The van der Waals surface area contributed by atoms with Gasteiger partial charge in [-0.25, -0.2) is 4.98 Å². The first-order valence-electron chi connectivity index (χ1n) is 6.51. The predicted octanol–water partition coefficient (Wildman–Crippen LogP) is 3.14. The Hall–Kier alpha value is -1.01. The zero-order valence-electron chi connectivity index (χ0n) is 11.2. The molecule has 0 aromatic carbocycles. The number of nitrogen functional groups attached to an aromatic ring is 1. The number of anilines is 2. The molecule has 19 heavy (non-hydrogen) atoms. The Bertz CT molecular complexity index is 604. The van der Waals surface area contributed by atoms with Crippen molar-refractivity contribution in [3.05, 3.63) is 10.9 Å². The van der Waals surface area contributed by atoms with Crippen LogP contribution < -0.4 is 11.1 Å². The van der Waals surface area contributed by atoms with E-state index in [0.29, 0.717) is 10.7 Å². The topological polar surface area (TPSA) is 63.8 Å². The molecule has 102 valence electrons. The molecule has 1 fully saturated rings. The monoisotopic (exact) mass is 294 g/mol. The summed E-state index contributed by atoms with van der Waals surface area (Å²) in [6.45, 7) is 3.11. The molecule has 4 nitrogen and oxygen atoms in total. The second-order valence-electron chi connectivity index (χ2n) is 4.96. The van der Waals surface area contributed by atoms with E-state index < -0.39 is 0 Å². The number of thioether (sulfide) groups is 1. The lowest BCUT2D eigenvalue weighted by Gasteiger charge is -2.14. The number of aryl methyl sites for hydroxylation is 1. The van der Waals surface area contributed by atoms with Crippen LogP contribution >= 0.6 is 23.1 Å². The van der Waals surface area contributed by atoms with E-state index in [1.807, 2.05) is 11.8 Å². The van der Waals surface area contributed by atoms with Gasteiger partial charge in [0.15, 0.2) is 0 Å². The van der Waals surface area contributed by atoms with Gasteiger partial charge in [-0.2, -0.15) is 16.7 Å². The molecule has 1 aliphatic rings. The summed E-state index contributed by atoms with van der Waals surface area (Å²) in [5.74, 6) is 1.24. The molecule has 0 bridgehead atoms. The van der Waals surface area contributed by atoms with E-state index in [4.69, 9.17) is 5.73 Å². The molecule has 0 saturated heterocycles. The molecular weight excluding hydrogens is 276 g/mol. The van der Waals surface area contributed by atoms with Crippen molar-refractivity contribution in [2.24, 2.45) is 0 Å². The van der Waals surface area contributed by atoms with E-state index in [9.17, 15) is 0 Å². The van der Waals surface area contributed by atoms with Gasteiger partial charge in [-0.05, 0) is 31.6 Å². The summed E-state index contributed by atoms with van der Waals surface area (Å²) in [5, 5.41) is 4.58. The molecule has 3 rings (SSSR count). The number of nitrogens with two attached hydrogens (primary N) is 1. The molecule has 2 heterocycles. The summed E-state index contributed by atoms with van der Waals surface area (Å²) < 4.78 is 0.412. The molecule has 0 amide bonds. The number of nitrogens with zero attached hydrogens (tertiary/aromatic N) is 2. The molecule has 6 heteroatoms.